The number of nitrogens with one attached hydrogen (secondary N) is 5. The third-order valence-electron chi connectivity index (χ3n) is 10.9. The standard InChI is InChI=1S/C39H54N6O7/c1-4-13-28(33(46)36(49)40-27-20-21-27)42-34(47)30-22-25-16-11-12-19-29(25)45(30)39(52)31(23(2)3)43-35(48)32(24-14-7-5-8-15-24)44-38(51)37(50)41-26-17-9-6-10-18-26/h6,9-10,17-18,24-25,27-32H,2,4-5,7-8,11-16,19-22H2,1,3H3,(H,40,49)(H,41,50)(H,42,47)(H,43,48)(H,44,51)/t25?,28-,29?,30-,31-,32-/m0/s1. The van der Waals surface area contributed by atoms with E-state index in [-0.39, 0.29) is 30.3 Å². The lowest BCUT2D eigenvalue weighted by Crippen LogP contribution is -2.61. The van der Waals surface area contributed by atoms with Crippen molar-refractivity contribution in [3.63, 3.8) is 0 Å². The number of para-hydroxylation sites is 1. The number of carbonyl (C=O) groups excluding carboxylic acids is 7. The Morgan fingerprint density at radius 3 is 2.13 bits per heavy atom. The number of fused-ring (bicyclic) bond motifs is 1. The molecule has 1 saturated heterocycles. The summed E-state index contributed by atoms with van der Waals surface area (Å²) in [6, 6.07) is 4.06. The lowest BCUT2D eigenvalue weighted by molar-refractivity contribution is -0.145. The summed E-state index contributed by atoms with van der Waals surface area (Å²) in [5, 5.41) is 13.6. The maximum absolute atomic E-state index is 14.6. The number of anilines is 1. The first kappa shape index (κ1) is 38.7. The normalized spacial score (nSPS) is 23.2. The lowest BCUT2D eigenvalue weighted by Gasteiger charge is -2.37. The zero-order chi connectivity index (χ0) is 37.4. The van der Waals surface area contributed by atoms with Gasteiger partial charge < -0.3 is 31.5 Å². The van der Waals surface area contributed by atoms with Crippen LogP contribution in [-0.4, -0.2) is 82.4 Å². The molecule has 5 rings (SSSR count). The molecule has 282 valence electrons. The van der Waals surface area contributed by atoms with E-state index in [1.807, 2.05) is 6.92 Å². The van der Waals surface area contributed by atoms with Gasteiger partial charge in [-0.2, -0.15) is 0 Å². The Kier molecular flexibility index (Phi) is 13.2. The van der Waals surface area contributed by atoms with Crippen LogP contribution < -0.4 is 26.6 Å². The summed E-state index contributed by atoms with van der Waals surface area (Å²) in [7, 11) is 0. The van der Waals surface area contributed by atoms with E-state index in [1.54, 1.807) is 42.2 Å². The highest BCUT2D eigenvalue weighted by Crippen LogP contribution is 2.40. The van der Waals surface area contributed by atoms with Gasteiger partial charge in [0.25, 0.3) is 5.91 Å². The van der Waals surface area contributed by atoms with Gasteiger partial charge in [0.05, 0.1) is 6.04 Å². The fraction of sp³-hybridized carbons (Fsp3) is 0.615. The number of likely N-dealkylation sites (tertiary alicyclic amines) is 1. The molecule has 1 aromatic rings. The number of ketones is 1. The Morgan fingerprint density at radius 1 is 0.808 bits per heavy atom. The van der Waals surface area contributed by atoms with Crippen LogP contribution >= 0.6 is 0 Å². The molecule has 52 heavy (non-hydrogen) atoms. The molecule has 0 aromatic heterocycles. The van der Waals surface area contributed by atoms with Gasteiger partial charge in [0.2, 0.25) is 23.5 Å². The Hall–Kier alpha value is -4.55. The fourth-order valence-electron chi connectivity index (χ4n) is 8.04. The number of hydrogen-bond acceptors (Lipinski definition) is 7. The molecule has 6 atom stereocenters. The van der Waals surface area contributed by atoms with Crippen molar-refractivity contribution in [2.45, 2.75) is 140 Å². The maximum Gasteiger partial charge on any atom is 0.313 e. The number of Topliss-reactive ketones (excluding diaryl/α,β-unsaturated/α-hetero) is 1. The average molecular weight is 719 g/mol. The number of nitrogens with zero attached hydrogens (tertiary/aromatic N) is 1. The van der Waals surface area contributed by atoms with Crippen molar-refractivity contribution >= 4 is 46.9 Å². The van der Waals surface area contributed by atoms with Gasteiger partial charge in [0.1, 0.15) is 18.1 Å². The van der Waals surface area contributed by atoms with E-state index < -0.39 is 65.4 Å². The summed E-state index contributed by atoms with van der Waals surface area (Å²) < 4.78 is 0. The molecule has 2 unspecified atom stereocenters. The summed E-state index contributed by atoms with van der Waals surface area (Å²) in [5.74, 6) is -5.07. The summed E-state index contributed by atoms with van der Waals surface area (Å²) in [6.07, 6.45) is 10.3. The van der Waals surface area contributed by atoms with Crippen molar-refractivity contribution in [2.75, 3.05) is 5.32 Å². The first-order chi connectivity index (χ1) is 25.0. The van der Waals surface area contributed by atoms with Gasteiger partial charge in [-0.1, -0.05) is 70.2 Å². The highest BCUT2D eigenvalue weighted by molar-refractivity contribution is 6.40. The third-order valence-corrected chi connectivity index (χ3v) is 10.9. The summed E-state index contributed by atoms with van der Waals surface area (Å²) >= 11 is 0. The first-order valence-electron chi connectivity index (χ1n) is 19.1. The molecule has 0 bridgehead atoms. The lowest BCUT2D eigenvalue weighted by atomic mass is 9.83. The van der Waals surface area contributed by atoms with Gasteiger partial charge in [0.15, 0.2) is 0 Å². The summed E-state index contributed by atoms with van der Waals surface area (Å²) in [4.78, 5) is 96.0. The van der Waals surface area contributed by atoms with E-state index in [0.29, 0.717) is 43.4 Å². The van der Waals surface area contributed by atoms with Crippen molar-refractivity contribution in [1.82, 2.24) is 26.2 Å². The molecular formula is C39H54N6O7. The smallest absolute Gasteiger partial charge is 0.313 e. The molecule has 1 aliphatic heterocycles. The Balaban J connectivity index is 1.33. The van der Waals surface area contributed by atoms with Crippen LogP contribution in [0.25, 0.3) is 0 Å². The number of rotatable bonds is 14. The van der Waals surface area contributed by atoms with Crippen LogP contribution in [0.5, 0.6) is 0 Å². The molecule has 0 spiro atoms. The van der Waals surface area contributed by atoms with Gasteiger partial charge in [0, 0.05) is 17.8 Å². The molecule has 13 nitrogen and oxygen atoms in total. The van der Waals surface area contributed by atoms with Gasteiger partial charge in [-0.05, 0) is 87.8 Å². The highest BCUT2D eigenvalue weighted by Gasteiger charge is 2.50. The van der Waals surface area contributed by atoms with Gasteiger partial charge >= 0.3 is 11.8 Å². The van der Waals surface area contributed by atoms with Crippen LogP contribution in [0.1, 0.15) is 104 Å². The van der Waals surface area contributed by atoms with Gasteiger partial charge in [-0.25, -0.2) is 0 Å². The van der Waals surface area contributed by atoms with Crippen LogP contribution in [0.4, 0.5) is 5.69 Å². The van der Waals surface area contributed by atoms with Crippen LogP contribution in [0.2, 0.25) is 0 Å². The summed E-state index contributed by atoms with van der Waals surface area (Å²) in [5.41, 5.74) is 0.787. The van der Waals surface area contributed by atoms with Crippen LogP contribution in [0.15, 0.2) is 42.5 Å². The van der Waals surface area contributed by atoms with Crippen molar-refractivity contribution < 1.29 is 33.6 Å². The highest BCUT2D eigenvalue weighted by atomic mass is 16.2. The topological polar surface area (TPSA) is 183 Å². The molecule has 6 amide bonds. The van der Waals surface area contributed by atoms with Gasteiger partial charge in [-0.15, -0.1) is 0 Å². The van der Waals surface area contributed by atoms with Crippen LogP contribution in [0, 0.1) is 11.8 Å². The van der Waals surface area contributed by atoms with E-state index in [9.17, 15) is 33.6 Å². The van der Waals surface area contributed by atoms with Crippen LogP contribution in [0.3, 0.4) is 0 Å². The van der Waals surface area contributed by atoms with Gasteiger partial charge in [-0.3, -0.25) is 33.6 Å². The molecule has 1 aromatic carbocycles. The number of benzene rings is 1. The largest absolute Gasteiger partial charge is 0.347 e. The fourth-order valence-corrected chi connectivity index (χ4v) is 8.04. The van der Waals surface area contributed by atoms with Crippen molar-refractivity contribution in [3.8, 4) is 0 Å². The molecule has 3 aliphatic carbocycles. The van der Waals surface area contributed by atoms with Crippen molar-refractivity contribution in [1.29, 1.82) is 0 Å². The second-order valence-corrected chi connectivity index (χ2v) is 15.0. The van der Waals surface area contributed by atoms with E-state index in [0.717, 1.165) is 51.4 Å². The minimum Gasteiger partial charge on any atom is -0.347 e. The Bertz CT molecular complexity index is 1520. The molecule has 13 heteroatoms. The second-order valence-electron chi connectivity index (χ2n) is 15.0. The second kappa shape index (κ2) is 17.8. The number of amides is 6. The zero-order valence-electron chi connectivity index (χ0n) is 30.4. The molecule has 5 N–H and O–H groups in total. The number of hydrogen-bond donors (Lipinski definition) is 5. The molecular weight excluding hydrogens is 664 g/mol. The van der Waals surface area contributed by atoms with Crippen molar-refractivity contribution in [2.24, 2.45) is 11.8 Å². The third kappa shape index (κ3) is 9.65. The monoisotopic (exact) mass is 718 g/mol. The zero-order valence-corrected chi connectivity index (χ0v) is 30.4. The predicted molar refractivity (Wildman–Crippen MR) is 194 cm³/mol. The predicted octanol–water partition coefficient (Wildman–Crippen LogP) is 3.04. The SMILES string of the molecule is C=C(C)[C@H](NC(=O)[C@@H](NC(=O)C(=O)Nc1ccccc1)C1CCCCC1)C(=O)N1C2CCCCC2C[C@H]1C(=O)N[C@@H](CCC)C(=O)C(=O)NC1CC1. The summed E-state index contributed by atoms with van der Waals surface area (Å²) in [6.45, 7) is 7.52. The van der Waals surface area contributed by atoms with E-state index >= 15 is 0 Å². The van der Waals surface area contributed by atoms with E-state index in [1.165, 1.54) is 0 Å². The average Bonchev–Trinajstić information content (AvgIpc) is 3.88. The maximum atomic E-state index is 14.6. The van der Waals surface area contributed by atoms with Crippen LogP contribution in [-0.2, 0) is 33.6 Å². The molecule has 4 fully saturated rings. The quantitative estimate of drug-likeness (QED) is 0.145. The van der Waals surface area contributed by atoms with E-state index in [2.05, 4.69) is 33.2 Å². The minimum absolute atomic E-state index is 0.00717. The number of carbonyl (C=O) groups is 7. The molecule has 3 saturated carbocycles. The Labute approximate surface area is 305 Å². The molecule has 1 heterocycles. The molecule has 4 aliphatic rings. The Morgan fingerprint density at radius 2 is 1.48 bits per heavy atom. The molecule has 0 radical (unpaired) electrons. The minimum atomic E-state index is -1.21. The van der Waals surface area contributed by atoms with E-state index in [4.69, 9.17) is 0 Å². The van der Waals surface area contributed by atoms with Crippen molar-refractivity contribution in [3.05, 3.63) is 42.5 Å². The first-order valence-corrected chi connectivity index (χ1v) is 19.1.